The van der Waals surface area contributed by atoms with Crippen LogP contribution in [0.15, 0.2) is 0 Å². The van der Waals surface area contributed by atoms with E-state index in [1.54, 1.807) is 23.5 Å². The fourth-order valence-electron chi connectivity index (χ4n) is 0.985. The van der Waals surface area contributed by atoms with E-state index in [-0.39, 0.29) is 0 Å². The molecule has 13 heavy (non-hydrogen) atoms. The largest absolute Gasteiger partial charge is 0.217 e. The van der Waals surface area contributed by atoms with Gasteiger partial charge in [-0.2, -0.15) is 23.5 Å². The summed E-state index contributed by atoms with van der Waals surface area (Å²) in [7, 11) is 0. The van der Waals surface area contributed by atoms with E-state index in [1.807, 2.05) is 19.4 Å². The van der Waals surface area contributed by atoms with E-state index in [1.165, 1.54) is 0 Å². The molecule has 0 radical (unpaired) electrons. The number of aromatic nitrogens is 3. The molecule has 0 amide bonds. The van der Waals surface area contributed by atoms with Gasteiger partial charge in [-0.1, -0.05) is 0 Å². The van der Waals surface area contributed by atoms with E-state index in [0.717, 1.165) is 29.0 Å². The van der Waals surface area contributed by atoms with Crippen molar-refractivity contribution < 1.29 is 0 Å². The van der Waals surface area contributed by atoms with Gasteiger partial charge in [-0.15, -0.1) is 0 Å². The normalized spacial score (nSPS) is 10.4. The van der Waals surface area contributed by atoms with E-state index in [9.17, 15) is 0 Å². The maximum atomic E-state index is 4.35. The molecule has 72 valence electrons. The first-order chi connectivity index (χ1) is 6.26. The van der Waals surface area contributed by atoms with E-state index in [4.69, 9.17) is 0 Å². The van der Waals surface area contributed by atoms with Crippen molar-refractivity contribution in [3.63, 3.8) is 0 Å². The van der Waals surface area contributed by atoms with Gasteiger partial charge in [-0.05, 0) is 19.4 Å². The van der Waals surface area contributed by atoms with E-state index in [2.05, 4.69) is 15.0 Å². The van der Waals surface area contributed by atoms with Crippen LogP contribution in [0.2, 0.25) is 0 Å². The Morgan fingerprint density at radius 3 is 1.77 bits per heavy atom. The number of nitrogens with zero attached hydrogens (tertiary/aromatic N) is 3. The third-order valence-corrected chi connectivity index (χ3v) is 2.48. The van der Waals surface area contributed by atoms with Crippen LogP contribution in [0.1, 0.15) is 17.5 Å². The molecule has 0 bridgehead atoms. The molecular formula is C8H13N3S2. The number of hydrogen-bond donors (Lipinski definition) is 0. The molecule has 0 aliphatic rings. The first-order valence-corrected chi connectivity index (χ1v) is 6.73. The average molecular weight is 215 g/mol. The predicted octanol–water partition coefficient (Wildman–Crippen LogP) is 1.91. The van der Waals surface area contributed by atoms with Crippen molar-refractivity contribution in [3.05, 3.63) is 17.5 Å². The summed E-state index contributed by atoms with van der Waals surface area (Å²) in [6.07, 6.45) is 4.10. The third kappa shape index (κ3) is 3.52. The Kier molecular flexibility index (Phi) is 4.52. The number of thioether (sulfide) groups is 2. The lowest BCUT2D eigenvalue weighted by atomic mass is 10.5. The van der Waals surface area contributed by atoms with Crippen LogP contribution >= 0.6 is 23.5 Å². The lowest BCUT2D eigenvalue weighted by Gasteiger charge is -2.02. The Labute approximate surface area is 87.2 Å². The monoisotopic (exact) mass is 215 g/mol. The molecule has 1 heterocycles. The molecule has 0 saturated carbocycles. The summed E-state index contributed by atoms with van der Waals surface area (Å²) in [6, 6.07) is 0. The highest BCUT2D eigenvalue weighted by Crippen LogP contribution is 2.07. The zero-order chi connectivity index (χ0) is 9.68. The van der Waals surface area contributed by atoms with Crippen molar-refractivity contribution in [2.75, 3.05) is 12.5 Å². The van der Waals surface area contributed by atoms with Gasteiger partial charge in [-0.3, -0.25) is 0 Å². The van der Waals surface area contributed by atoms with Crippen LogP contribution in [-0.4, -0.2) is 27.5 Å². The lowest BCUT2D eigenvalue weighted by molar-refractivity contribution is 0.862. The van der Waals surface area contributed by atoms with Crippen molar-refractivity contribution in [1.82, 2.24) is 15.0 Å². The quantitative estimate of drug-likeness (QED) is 0.767. The molecule has 1 aromatic heterocycles. The van der Waals surface area contributed by atoms with Gasteiger partial charge in [0, 0.05) is 0 Å². The standard InChI is InChI=1S/C8H13N3S2/c1-6-9-7(4-12-2)11-8(10-6)5-13-3/h4-5H2,1-3H3. The summed E-state index contributed by atoms with van der Waals surface area (Å²) in [5.74, 6) is 4.34. The van der Waals surface area contributed by atoms with Gasteiger partial charge in [0.15, 0.2) is 0 Å². The highest BCUT2D eigenvalue weighted by atomic mass is 32.2. The highest BCUT2D eigenvalue weighted by molar-refractivity contribution is 7.98. The predicted molar refractivity (Wildman–Crippen MR) is 59.0 cm³/mol. The number of aryl methyl sites for hydroxylation is 1. The van der Waals surface area contributed by atoms with Gasteiger partial charge in [0.25, 0.3) is 0 Å². The summed E-state index contributed by atoms with van der Waals surface area (Å²) in [5.41, 5.74) is 0. The van der Waals surface area contributed by atoms with E-state index >= 15 is 0 Å². The lowest BCUT2D eigenvalue weighted by Crippen LogP contribution is -2.03. The Bertz CT molecular complexity index is 254. The van der Waals surface area contributed by atoms with Gasteiger partial charge in [0.2, 0.25) is 0 Å². The minimum absolute atomic E-state index is 0.822. The Morgan fingerprint density at radius 2 is 1.38 bits per heavy atom. The number of hydrogen-bond acceptors (Lipinski definition) is 5. The minimum atomic E-state index is 0.822. The average Bonchev–Trinajstić information content (AvgIpc) is 2.04. The molecule has 0 spiro atoms. The summed E-state index contributed by atoms with van der Waals surface area (Å²) >= 11 is 3.46. The summed E-state index contributed by atoms with van der Waals surface area (Å²) in [6.45, 7) is 1.91. The molecule has 0 unspecified atom stereocenters. The maximum Gasteiger partial charge on any atom is 0.142 e. The van der Waals surface area contributed by atoms with Crippen LogP contribution in [-0.2, 0) is 11.5 Å². The van der Waals surface area contributed by atoms with Crippen molar-refractivity contribution in [3.8, 4) is 0 Å². The molecular weight excluding hydrogens is 202 g/mol. The van der Waals surface area contributed by atoms with Gasteiger partial charge in [0.1, 0.15) is 17.5 Å². The molecule has 0 aromatic carbocycles. The topological polar surface area (TPSA) is 38.7 Å². The Hall–Kier alpha value is -0.290. The van der Waals surface area contributed by atoms with Crippen LogP contribution in [0.3, 0.4) is 0 Å². The molecule has 1 aromatic rings. The molecule has 5 heteroatoms. The van der Waals surface area contributed by atoms with Crippen molar-refractivity contribution in [2.24, 2.45) is 0 Å². The minimum Gasteiger partial charge on any atom is -0.217 e. The van der Waals surface area contributed by atoms with Crippen molar-refractivity contribution >= 4 is 23.5 Å². The van der Waals surface area contributed by atoms with E-state index in [0.29, 0.717) is 0 Å². The highest BCUT2D eigenvalue weighted by Gasteiger charge is 2.02. The SMILES string of the molecule is CSCc1nc(C)nc(CSC)n1. The summed E-state index contributed by atoms with van der Waals surface area (Å²) in [4.78, 5) is 12.9. The van der Waals surface area contributed by atoms with Crippen LogP contribution in [0.5, 0.6) is 0 Å². The van der Waals surface area contributed by atoms with Gasteiger partial charge in [-0.25, -0.2) is 15.0 Å². The first-order valence-electron chi connectivity index (χ1n) is 3.94. The Morgan fingerprint density at radius 1 is 0.923 bits per heavy atom. The smallest absolute Gasteiger partial charge is 0.142 e. The second kappa shape index (κ2) is 5.44. The van der Waals surface area contributed by atoms with E-state index < -0.39 is 0 Å². The van der Waals surface area contributed by atoms with Gasteiger partial charge in [0.05, 0.1) is 11.5 Å². The molecule has 1 rings (SSSR count). The van der Waals surface area contributed by atoms with Crippen LogP contribution in [0.4, 0.5) is 0 Å². The third-order valence-electron chi connectivity index (χ3n) is 1.39. The summed E-state index contributed by atoms with van der Waals surface area (Å²) < 4.78 is 0. The molecule has 0 aliphatic heterocycles. The second-order valence-corrected chi connectivity index (χ2v) is 4.31. The first kappa shape index (κ1) is 10.8. The zero-order valence-corrected chi connectivity index (χ0v) is 9.71. The fourth-order valence-corrected chi connectivity index (χ4v) is 1.76. The molecule has 0 N–H and O–H groups in total. The van der Waals surface area contributed by atoms with Crippen LogP contribution in [0.25, 0.3) is 0 Å². The molecule has 3 nitrogen and oxygen atoms in total. The zero-order valence-electron chi connectivity index (χ0n) is 8.07. The van der Waals surface area contributed by atoms with Crippen molar-refractivity contribution in [1.29, 1.82) is 0 Å². The van der Waals surface area contributed by atoms with Crippen molar-refractivity contribution in [2.45, 2.75) is 18.4 Å². The molecule has 0 atom stereocenters. The van der Waals surface area contributed by atoms with Crippen LogP contribution in [0, 0.1) is 6.92 Å². The fraction of sp³-hybridized carbons (Fsp3) is 0.625. The Balaban J connectivity index is 2.83. The van der Waals surface area contributed by atoms with Gasteiger partial charge < -0.3 is 0 Å². The molecule has 0 aliphatic carbocycles. The van der Waals surface area contributed by atoms with Crippen LogP contribution < -0.4 is 0 Å². The number of rotatable bonds is 4. The van der Waals surface area contributed by atoms with Gasteiger partial charge >= 0.3 is 0 Å². The second-order valence-electron chi connectivity index (χ2n) is 2.58. The maximum absolute atomic E-state index is 4.35. The molecule has 0 fully saturated rings. The summed E-state index contributed by atoms with van der Waals surface area (Å²) in [5, 5.41) is 0. The molecule has 0 saturated heterocycles.